The number of nitriles is 1. The Morgan fingerprint density at radius 3 is 2.24 bits per heavy atom. The summed E-state index contributed by atoms with van der Waals surface area (Å²) in [6.07, 6.45) is 0.554. The molecule has 2 unspecified atom stereocenters. The van der Waals surface area contributed by atoms with Crippen LogP contribution in [0.3, 0.4) is 0 Å². The molecular weight excluding hydrogens is 314 g/mol. The zero-order chi connectivity index (χ0) is 18.0. The van der Waals surface area contributed by atoms with Crippen molar-refractivity contribution in [1.29, 1.82) is 5.26 Å². The molecule has 2 aromatic rings. The van der Waals surface area contributed by atoms with E-state index in [0.29, 0.717) is 17.7 Å². The summed E-state index contributed by atoms with van der Waals surface area (Å²) in [5, 5.41) is 14.5. The second-order valence-corrected chi connectivity index (χ2v) is 6.43. The monoisotopic (exact) mass is 333 g/mol. The van der Waals surface area contributed by atoms with Crippen molar-refractivity contribution in [3.05, 3.63) is 59.2 Å². The Hall–Kier alpha value is -3.13. The fraction of sp³-hybridized carbons (Fsp3) is 0.250. The molecule has 1 fully saturated rings. The number of hydrogen-bond acceptors (Lipinski definition) is 3. The van der Waals surface area contributed by atoms with Crippen molar-refractivity contribution in [2.75, 3.05) is 10.6 Å². The largest absolute Gasteiger partial charge is 0.326 e. The third kappa shape index (κ3) is 3.86. The smallest absolute Gasteiger partial charge is 0.228 e. The van der Waals surface area contributed by atoms with Gasteiger partial charge in [-0.15, -0.1) is 0 Å². The zero-order valence-corrected chi connectivity index (χ0v) is 14.2. The second kappa shape index (κ2) is 6.78. The van der Waals surface area contributed by atoms with Crippen molar-refractivity contribution in [3.8, 4) is 6.07 Å². The van der Waals surface area contributed by atoms with Crippen molar-refractivity contribution in [3.63, 3.8) is 0 Å². The topological polar surface area (TPSA) is 82.0 Å². The molecule has 0 aliphatic heterocycles. The van der Waals surface area contributed by atoms with Crippen molar-refractivity contribution < 1.29 is 9.59 Å². The number of anilines is 2. The molecule has 0 bridgehead atoms. The number of nitrogens with one attached hydrogen (secondary N) is 2. The first-order chi connectivity index (χ1) is 12.0. The standard InChI is InChI=1S/C20H19N3O2/c1-12-3-8-18(13(2)9-12)23-20(25)17-10-16(17)19(24)22-15-6-4-14(11-21)5-7-15/h3-9,16-17H,10H2,1-2H3,(H,22,24)(H,23,25). The predicted octanol–water partition coefficient (Wildman–Crippen LogP) is 3.39. The molecule has 0 aromatic heterocycles. The summed E-state index contributed by atoms with van der Waals surface area (Å²) in [6.45, 7) is 3.95. The van der Waals surface area contributed by atoms with E-state index in [1.54, 1.807) is 24.3 Å². The van der Waals surface area contributed by atoms with Gasteiger partial charge in [-0.25, -0.2) is 0 Å². The maximum atomic E-state index is 12.3. The van der Waals surface area contributed by atoms with Gasteiger partial charge >= 0.3 is 0 Å². The van der Waals surface area contributed by atoms with Gasteiger partial charge in [0.2, 0.25) is 11.8 Å². The fourth-order valence-electron chi connectivity index (χ4n) is 2.82. The lowest BCUT2D eigenvalue weighted by Gasteiger charge is -2.09. The normalized spacial score (nSPS) is 18.1. The summed E-state index contributed by atoms with van der Waals surface area (Å²) >= 11 is 0. The van der Waals surface area contributed by atoms with Gasteiger partial charge < -0.3 is 10.6 Å². The van der Waals surface area contributed by atoms with Gasteiger partial charge in [0, 0.05) is 11.4 Å². The van der Waals surface area contributed by atoms with Crippen LogP contribution in [0.5, 0.6) is 0 Å². The van der Waals surface area contributed by atoms with Crippen molar-refractivity contribution in [2.24, 2.45) is 11.8 Å². The third-order valence-corrected chi connectivity index (χ3v) is 4.39. The van der Waals surface area contributed by atoms with Crippen LogP contribution < -0.4 is 10.6 Å². The number of carbonyl (C=O) groups is 2. The number of rotatable bonds is 4. The molecule has 5 nitrogen and oxygen atoms in total. The van der Waals surface area contributed by atoms with Crippen LogP contribution in [0.25, 0.3) is 0 Å². The highest BCUT2D eigenvalue weighted by atomic mass is 16.2. The average Bonchev–Trinajstić information content (AvgIpc) is 3.39. The first-order valence-electron chi connectivity index (χ1n) is 8.17. The van der Waals surface area contributed by atoms with Crippen molar-refractivity contribution >= 4 is 23.2 Å². The summed E-state index contributed by atoms with van der Waals surface area (Å²) < 4.78 is 0. The van der Waals surface area contributed by atoms with Gasteiger partial charge in [0.25, 0.3) is 0 Å². The van der Waals surface area contributed by atoms with Crippen LogP contribution in [0, 0.1) is 37.0 Å². The number of benzene rings is 2. The minimum atomic E-state index is -0.304. The lowest BCUT2D eigenvalue weighted by Crippen LogP contribution is -2.20. The van der Waals surface area contributed by atoms with Gasteiger partial charge in [-0.05, 0) is 56.2 Å². The van der Waals surface area contributed by atoms with Crippen LogP contribution in [-0.4, -0.2) is 11.8 Å². The molecule has 0 heterocycles. The van der Waals surface area contributed by atoms with E-state index in [-0.39, 0.29) is 23.7 Å². The Bertz CT molecular complexity index is 866. The molecule has 1 saturated carbocycles. The number of aryl methyl sites for hydroxylation is 2. The highest BCUT2D eigenvalue weighted by Crippen LogP contribution is 2.40. The molecule has 0 spiro atoms. The molecule has 126 valence electrons. The van der Waals surface area contributed by atoms with E-state index in [1.807, 2.05) is 38.1 Å². The Labute approximate surface area is 146 Å². The van der Waals surface area contributed by atoms with E-state index < -0.39 is 0 Å². The molecule has 2 atom stereocenters. The van der Waals surface area contributed by atoms with E-state index in [1.165, 1.54) is 0 Å². The Morgan fingerprint density at radius 1 is 1.00 bits per heavy atom. The SMILES string of the molecule is Cc1ccc(NC(=O)C2CC2C(=O)Nc2ccc(C#N)cc2)c(C)c1. The Morgan fingerprint density at radius 2 is 1.64 bits per heavy atom. The van der Waals surface area contributed by atoms with Crippen LogP contribution in [-0.2, 0) is 9.59 Å². The van der Waals surface area contributed by atoms with Gasteiger partial charge in [0.15, 0.2) is 0 Å². The Balaban J connectivity index is 1.56. The molecule has 5 heteroatoms. The zero-order valence-electron chi connectivity index (χ0n) is 14.2. The number of amides is 2. The first-order valence-corrected chi connectivity index (χ1v) is 8.17. The lowest BCUT2D eigenvalue weighted by molar-refractivity contribution is -0.122. The number of hydrogen-bond donors (Lipinski definition) is 2. The maximum Gasteiger partial charge on any atom is 0.228 e. The van der Waals surface area contributed by atoms with Gasteiger partial charge in [-0.1, -0.05) is 17.7 Å². The van der Waals surface area contributed by atoms with Crippen LogP contribution >= 0.6 is 0 Å². The highest BCUT2D eigenvalue weighted by Gasteiger charge is 2.48. The second-order valence-electron chi connectivity index (χ2n) is 6.43. The van der Waals surface area contributed by atoms with E-state index in [4.69, 9.17) is 5.26 Å². The quantitative estimate of drug-likeness (QED) is 0.900. The van der Waals surface area contributed by atoms with Crippen LogP contribution in [0.1, 0.15) is 23.1 Å². The first kappa shape index (κ1) is 16.7. The van der Waals surface area contributed by atoms with E-state index in [2.05, 4.69) is 10.6 Å². The minimum absolute atomic E-state index is 0.119. The summed E-state index contributed by atoms with van der Waals surface area (Å²) in [5.74, 6) is -0.877. The molecular formula is C20H19N3O2. The third-order valence-electron chi connectivity index (χ3n) is 4.39. The van der Waals surface area contributed by atoms with Gasteiger partial charge in [-0.2, -0.15) is 5.26 Å². The van der Waals surface area contributed by atoms with Crippen LogP contribution in [0.15, 0.2) is 42.5 Å². The van der Waals surface area contributed by atoms with Crippen molar-refractivity contribution in [1.82, 2.24) is 0 Å². The van der Waals surface area contributed by atoms with Crippen LogP contribution in [0.4, 0.5) is 11.4 Å². The molecule has 1 aliphatic carbocycles. The molecule has 1 aliphatic rings. The average molecular weight is 333 g/mol. The summed E-state index contributed by atoms with van der Waals surface area (Å²) in [4.78, 5) is 24.6. The Kier molecular flexibility index (Phi) is 4.53. The lowest BCUT2D eigenvalue weighted by atomic mass is 10.1. The summed E-state index contributed by atoms with van der Waals surface area (Å²) in [5.41, 5.74) is 4.10. The molecule has 2 aromatic carbocycles. The van der Waals surface area contributed by atoms with Gasteiger partial charge in [-0.3, -0.25) is 9.59 Å². The van der Waals surface area contributed by atoms with E-state index >= 15 is 0 Å². The molecule has 0 saturated heterocycles. The number of carbonyl (C=O) groups excluding carboxylic acids is 2. The number of nitrogens with zero attached hydrogens (tertiary/aromatic N) is 1. The minimum Gasteiger partial charge on any atom is -0.326 e. The molecule has 2 N–H and O–H groups in total. The molecule has 0 radical (unpaired) electrons. The predicted molar refractivity (Wildman–Crippen MR) is 95.9 cm³/mol. The van der Waals surface area contributed by atoms with E-state index in [9.17, 15) is 9.59 Å². The summed E-state index contributed by atoms with van der Waals surface area (Å²) in [6, 6.07) is 14.5. The van der Waals surface area contributed by atoms with Crippen molar-refractivity contribution in [2.45, 2.75) is 20.3 Å². The molecule has 2 amide bonds. The van der Waals surface area contributed by atoms with Gasteiger partial charge in [0.05, 0.1) is 23.5 Å². The summed E-state index contributed by atoms with van der Waals surface area (Å²) in [7, 11) is 0. The van der Waals surface area contributed by atoms with E-state index in [0.717, 1.165) is 16.8 Å². The fourth-order valence-corrected chi connectivity index (χ4v) is 2.82. The maximum absolute atomic E-state index is 12.3. The molecule has 25 heavy (non-hydrogen) atoms. The molecule has 3 rings (SSSR count). The van der Waals surface area contributed by atoms with Gasteiger partial charge in [0.1, 0.15) is 0 Å². The van der Waals surface area contributed by atoms with Crippen LogP contribution in [0.2, 0.25) is 0 Å². The highest BCUT2D eigenvalue weighted by molar-refractivity contribution is 6.03.